The van der Waals surface area contributed by atoms with Crippen molar-refractivity contribution in [3.63, 3.8) is 0 Å². The summed E-state index contributed by atoms with van der Waals surface area (Å²) in [6.07, 6.45) is 0.959. The summed E-state index contributed by atoms with van der Waals surface area (Å²) in [5.41, 5.74) is 1.95. The highest BCUT2D eigenvalue weighted by molar-refractivity contribution is 6.38. The largest absolute Gasteiger partial charge is 0.458 e. The first-order valence-electron chi connectivity index (χ1n) is 6.06. The summed E-state index contributed by atoms with van der Waals surface area (Å²) in [4.78, 5) is 0. The van der Waals surface area contributed by atoms with Gasteiger partial charge in [0.15, 0.2) is 5.58 Å². The maximum absolute atomic E-state index is 6.19. The summed E-state index contributed by atoms with van der Waals surface area (Å²) >= 11 is 12.3. The van der Waals surface area contributed by atoms with Crippen molar-refractivity contribution in [3.8, 4) is 0 Å². The van der Waals surface area contributed by atoms with Crippen LogP contribution in [-0.4, -0.2) is 7.05 Å². The molecule has 0 saturated heterocycles. The van der Waals surface area contributed by atoms with Gasteiger partial charge >= 0.3 is 0 Å². The monoisotopic (exact) mass is 285 g/mol. The van der Waals surface area contributed by atoms with Gasteiger partial charge in [-0.1, -0.05) is 37.0 Å². The van der Waals surface area contributed by atoms with Crippen molar-refractivity contribution < 1.29 is 4.42 Å². The van der Waals surface area contributed by atoms with Gasteiger partial charge in [-0.05, 0) is 31.5 Å². The molecule has 0 aliphatic heterocycles. The molecular formula is C14H17Cl2NO. The molecule has 2 aromatic rings. The second-order valence-corrected chi connectivity index (χ2v) is 5.74. The molecule has 1 aromatic heterocycles. The van der Waals surface area contributed by atoms with Crippen LogP contribution in [0.25, 0.3) is 11.0 Å². The molecule has 1 aromatic carbocycles. The molecule has 1 N–H and O–H groups in total. The number of fused-ring (bicyclic) bond motifs is 1. The van der Waals surface area contributed by atoms with Crippen LogP contribution < -0.4 is 5.32 Å². The van der Waals surface area contributed by atoms with Crippen LogP contribution in [-0.2, 0) is 13.0 Å². The van der Waals surface area contributed by atoms with Crippen molar-refractivity contribution in [2.45, 2.75) is 26.8 Å². The molecule has 0 aliphatic carbocycles. The fraction of sp³-hybridized carbons (Fsp3) is 0.429. The molecule has 98 valence electrons. The Labute approximate surface area is 117 Å². The average Bonchev–Trinajstić information content (AvgIpc) is 2.58. The van der Waals surface area contributed by atoms with E-state index in [9.17, 15) is 0 Å². The van der Waals surface area contributed by atoms with E-state index in [1.54, 1.807) is 6.07 Å². The Kier molecular flexibility index (Phi) is 4.21. The van der Waals surface area contributed by atoms with Crippen LogP contribution >= 0.6 is 23.2 Å². The molecule has 4 heteroatoms. The Bertz CT molecular complexity index is 560. The zero-order chi connectivity index (χ0) is 13.3. The number of nitrogens with one attached hydrogen (secondary N) is 1. The number of rotatable bonds is 4. The Balaban J connectivity index is 2.64. The minimum Gasteiger partial charge on any atom is -0.458 e. The molecule has 0 bridgehead atoms. The molecular weight excluding hydrogens is 269 g/mol. The second kappa shape index (κ2) is 5.52. The van der Waals surface area contributed by atoms with Gasteiger partial charge in [-0.25, -0.2) is 0 Å². The normalized spacial score (nSPS) is 11.7. The van der Waals surface area contributed by atoms with Gasteiger partial charge in [0, 0.05) is 16.0 Å². The van der Waals surface area contributed by atoms with Crippen molar-refractivity contribution in [2.75, 3.05) is 7.05 Å². The molecule has 0 spiro atoms. The number of hydrogen-bond acceptors (Lipinski definition) is 2. The summed E-state index contributed by atoms with van der Waals surface area (Å²) in [5.74, 6) is 1.50. The molecule has 0 fully saturated rings. The van der Waals surface area contributed by atoms with E-state index < -0.39 is 0 Å². The molecule has 18 heavy (non-hydrogen) atoms. The van der Waals surface area contributed by atoms with Crippen molar-refractivity contribution >= 4 is 34.2 Å². The Hall–Kier alpha value is -0.700. The summed E-state index contributed by atoms with van der Waals surface area (Å²) in [6.45, 7) is 5.08. The Morgan fingerprint density at radius 1 is 1.28 bits per heavy atom. The fourth-order valence-electron chi connectivity index (χ4n) is 2.16. The molecule has 1 heterocycles. The second-order valence-electron chi connectivity index (χ2n) is 4.90. The molecule has 0 aliphatic rings. The third-order valence-electron chi connectivity index (χ3n) is 2.85. The van der Waals surface area contributed by atoms with Crippen LogP contribution in [0.15, 0.2) is 16.5 Å². The van der Waals surface area contributed by atoms with Crippen LogP contribution in [0.3, 0.4) is 0 Å². The standard InChI is InChI=1S/C14H17Cl2NO/c1-8(2)4-10-11-5-9(15)6-12(16)14(11)18-13(10)7-17-3/h5-6,8,17H,4,7H2,1-3H3. The molecule has 0 radical (unpaired) electrons. The summed E-state index contributed by atoms with van der Waals surface area (Å²) in [7, 11) is 1.90. The average molecular weight is 286 g/mol. The van der Waals surface area contributed by atoms with Gasteiger partial charge in [0.05, 0.1) is 11.6 Å². The topological polar surface area (TPSA) is 25.2 Å². The molecule has 0 atom stereocenters. The van der Waals surface area contributed by atoms with Gasteiger partial charge in [0.2, 0.25) is 0 Å². The SMILES string of the molecule is CNCc1oc2c(Cl)cc(Cl)cc2c1CC(C)C. The van der Waals surface area contributed by atoms with E-state index in [0.29, 0.717) is 22.5 Å². The van der Waals surface area contributed by atoms with Gasteiger partial charge in [-0.15, -0.1) is 0 Å². The highest BCUT2D eigenvalue weighted by Crippen LogP contribution is 2.35. The van der Waals surface area contributed by atoms with Gasteiger partial charge in [0.1, 0.15) is 5.76 Å². The molecule has 0 saturated carbocycles. The van der Waals surface area contributed by atoms with Crippen LogP contribution in [0.2, 0.25) is 10.0 Å². The van der Waals surface area contributed by atoms with Crippen LogP contribution in [0.5, 0.6) is 0 Å². The first-order valence-corrected chi connectivity index (χ1v) is 6.82. The van der Waals surface area contributed by atoms with E-state index in [4.69, 9.17) is 27.6 Å². The van der Waals surface area contributed by atoms with Gasteiger partial charge in [-0.3, -0.25) is 0 Å². The van der Waals surface area contributed by atoms with Crippen molar-refractivity contribution in [1.82, 2.24) is 5.32 Å². The first-order chi connectivity index (χ1) is 8.52. The van der Waals surface area contributed by atoms with Crippen LogP contribution in [0, 0.1) is 5.92 Å². The molecule has 0 unspecified atom stereocenters. The third-order valence-corrected chi connectivity index (χ3v) is 3.34. The van der Waals surface area contributed by atoms with Crippen LogP contribution in [0.4, 0.5) is 0 Å². The predicted octanol–water partition coefficient (Wildman–Crippen LogP) is 4.66. The minimum atomic E-state index is 0.555. The lowest BCUT2D eigenvalue weighted by Gasteiger charge is -2.05. The highest BCUT2D eigenvalue weighted by Gasteiger charge is 2.17. The van der Waals surface area contributed by atoms with E-state index in [-0.39, 0.29) is 0 Å². The number of halogens is 2. The van der Waals surface area contributed by atoms with Crippen molar-refractivity contribution in [1.29, 1.82) is 0 Å². The van der Waals surface area contributed by atoms with E-state index in [2.05, 4.69) is 19.2 Å². The van der Waals surface area contributed by atoms with Crippen LogP contribution in [0.1, 0.15) is 25.2 Å². The predicted molar refractivity (Wildman–Crippen MR) is 77.5 cm³/mol. The summed E-state index contributed by atoms with van der Waals surface area (Å²) in [5, 5.41) is 5.38. The lowest BCUT2D eigenvalue weighted by Crippen LogP contribution is -2.07. The first kappa shape index (κ1) is 13.7. The fourth-order valence-corrected chi connectivity index (χ4v) is 2.69. The van der Waals surface area contributed by atoms with E-state index >= 15 is 0 Å². The quantitative estimate of drug-likeness (QED) is 0.884. The maximum Gasteiger partial charge on any atom is 0.153 e. The minimum absolute atomic E-state index is 0.555. The summed E-state index contributed by atoms with van der Waals surface area (Å²) in [6, 6.07) is 3.65. The Morgan fingerprint density at radius 2 is 2.00 bits per heavy atom. The van der Waals surface area contributed by atoms with Gasteiger partial charge in [0.25, 0.3) is 0 Å². The van der Waals surface area contributed by atoms with Gasteiger partial charge in [-0.2, -0.15) is 0 Å². The lowest BCUT2D eigenvalue weighted by atomic mass is 10.00. The highest BCUT2D eigenvalue weighted by atomic mass is 35.5. The number of benzene rings is 1. The Morgan fingerprint density at radius 3 is 2.61 bits per heavy atom. The third kappa shape index (κ3) is 2.66. The number of hydrogen-bond donors (Lipinski definition) is 1. The number of furan rings is 1. The zero-order valence-electron chi connectivity index (χ0n) is 10.8. The summed E-state index contributed by atoms with van der Waals surface area (Å²) < 4.78 is 5.87. The zero-order valence-corrected chi connectivity index (χ0v) is 12.3. The van der Waals surface area contributed by atoms with Crippen molar-refractivity contribution in [2.24, 2.45) is 5.92 Å². The van der Waals surface area contributed by atoms with E-state index in [0.717, 1.165) is 23.2 Å². The smallest absolute Gasteiger partial charge is 0.153 e. The van der Waals surface area contributed by atoms with Crippen molar-refractivity contribution in [3.05, 3.63) is 33.5 Å². The molecule has 2 rings (SSSR count). The van der Waals surface area contributed by atoms with E-state index in [1.807, 2.05) is 13.1 Å². The maximum atomic E-state index is 6.19. The van der Waals surface area contributed by atoms with E-state index in [1.165, 1.54) is 5.56 Å². The molecule has 2 nitrogen and oxygen atoms in total. The lowest BCUT2D eigenvalue weighted by molar-refractivity contribution is 0.516. The molecule has 0 amide bonds. The van der Waals surface area contributed by atoms with Gasteiger partial charge < -0.3 is 9.73 Å².